The van der Waals surface area contributed by atoms with Crippen LogP contribution in [0.1, 0.15) is 17.1 Å². The third-order valence-electron chi connectivity index (χ3n) is 7.19. The fourth-order valence-corrected chi connectivity index (χ4v) is 5.50. The van der Waals surface area contributed by atoms with Crippen molar-refractivity contribution in [2.24, 2.45) is 5.41 Å². The number of amides is 1. The zero-order chi connectivity index (χ0) is 25.2. The highest BCUT2D eigenvalue weighted by Crippen LogP contribution is 2.43. The summed E-state index contributed by atoms with van der Waals surface area (Å²) in [5.41, 5.74) is 2.52. The van der Waals surface area contributed by atoms with Crippen LogP contribution in [0.25, 0.3) is 5.69 Å². The number of aryl methyl sites for hydroxylation is 1. The average molecular weight is 512 g/mol. The number of benzene rings is 1. The standard InChI is InChI=1S/C24H27ClFN9O/c1-15-18(26)7-27-22(28-15)33-11-24(12-33)13-34(14-24)23-30-29-20-9-32(10-21(36)31(2)3)8-16-6-17(25)4-5-19(16)35(20)23/h4-7H,8-14H2,1-3H3. The normalized spacial score (nSPS) is 18.2. The van der Waals surface area contributed by atoms with E-state index in [-0.39, 0.29) is 23.7 Å². The van der Waals surface area contributed by atoms with Gasteiger partial charge in [-0.3, -0.25) is 14.3 Å². The molecule has 2 fully saturated rings. The quantitative estimate of drug-likeness (QED) is 0.525. The molecule has 0 radical (unpaired) electrons. The Bertz CT molecular complexity index is 1350. The molecule has 1 spiro atoms. The Kier molecular flexibility index (Phi) is 5.38. The first kappa shape index (κ1) is 23.1. The zero-order valence-corrected chi connectivity index (χ0v) is 21.2. The van der Waals surface area contributed by atoms with E-state index in [0.717, 1.165) is 49.2 Å². The number of likely N-dealkylation sites (N-methyl/N-ethyl adjacent to an activating group) is 1. The van der Waals surface area contributed by atoms with E-state index in [2.05, 4.69) is 39.4 Å². The Morgan fingerprint density at radius 1 is 1.14 bits per heavy atom. The van der Waals surface area contributed by atoms with Gasteiger partial charge in [0.05, 0.1) is 30.7 Å². The number of hydrogen-bond donors (Lipinski definition) is 0. The van der Waals surface area contributed by atoms with Crippen LogP contribution >= 0.6 is 11.6 Å². The Morgan fingerprint density at radius 2 is 1.89 bits per heavy atom. The molecule has 0 bridgehead atoms. The topological polar surface area (TPSA) is 86.5 Å². The van der Waals surface area contributed by atoms with Gasteiger partial charge in [0, 0.05) is 57.3 Å². The SMILES string of the molecule is Cc1nc(N2CC3(C2)CN(c2nnc4n2-c2ccc(Cl)cc2CN(CC(=O)N(C)C)C4)C3)ncc1F. The predicted octanol–water partition coefficient (Wildman–Crippen LogP) is 1.89. The molecular formula is C24H27ClFN9O. The Balaban J connectivity index is 1.22. The van der Waals surface area contributed by atoms with Crippen LogP contribution in [-0.4, -0.2) is 87.3 Å². The fraction of sp³-hybridized carbons (Fsp3) is 0.458. The number of aromatic nitrogens is 5. The second-order valence-electron chi connectivity index (χ2n) is 10.3. The van der Waals surface area contributed by atoms with Crippen molar-refractivity contribution < 1.29 is 9.18 Å². The van der Waals surface area contributed by atoms with Gasteiger partial charge in [-0.2, -0.15) is 0 Å². The fourth-order valence-electron chi connectivity index (χ4n) is 5.30. The van der Waals surface area contributed by atoms with Gasteiger partial charge in [-0.1, -0.05) is 11.6 Å². The lowest BCUT2D eigenvalue weighted by molar-refractivity contribution is -0.130. The summed E-state index contributed by atoms with van der Waals surface area (Å²) in [4.78, 5) is 28.9. The van der Waals surface area contributed by atoms with E-state index in [4.69, 9.17) is 11.6 Å². The molecule has 10 nitrogen and oxygen atoms in total. The number of rotatable bonds is 4. The second kappa shape index (κ2) is 8.38. The van der Waals surface area contributed by atoms with Gasteiger partial charge < -0.3 is 14.7 Å². The molecule has 3 aliphatic heterocycles. The third-order valence-corrected chi connectivity index (χ3v) is 7.42. The summed E-state index contributed by atoms with van der Waals surface area (Å²) in [6.07, 6.45) is 1.24. The molecule has 188 valence electrons. The lowest BCUT2D eigenvalue weighted by Gasteiger charge is -2.60. The number of fused-ring (bicyclic) bond motifs is 3. The summed E-state index contributed by atoms with van der Waals surface area (Å²) in [7, 11) is 3.52. The molecule has 1 aromatic carbocycles. The molecule has 12 heteroatoms. The van der Waals surface area contributed by atoms with Crippen molar-refractivity contribution in [3.63, 3.8) is 0 Å². The summed E-state index contributed by atoms with van der Waals surface area (Å²) in [5, 5.41) is 9.73. The highest BCUT2D eigenvalue weighted by molar-refractivity contribution is 6.30. The van der Waals surface area contributed by atoms with Crippen LogP contribution in [0.2, 0.25) is 5.02 Å². The second-order valence-corrected chi connectivity index (χ2v) is 10.7. The number of hydrogen-bond acceptors (Lipinski definition) is 8. The molecule has 6 rings (SSSR count). The van der Waals surface area contributed by atoms with E-state index in [9.17, 15) is 9.18 Å². The lowest BCUT2D eigenvalue weighted by Crippen LogP contribution is -2.73. The van der Waals surface area contributed by atoms with Crippen molar-refractivity contribution in [3.8, 4) is 5.69 Å². The van der Waals surface area contributed by atoms with Crippen LogP contribution in [0.3, 0.4) is 0 Å². The van der Waals surface area contributed by atoms with E-state index < -0.39 is 0 Å². The van der Waals surface area contributed by atoms with E-state index in [1.165, 1.54) is 6.20 Å². The summed E-state index contributed by atoms with van der Waals surface area (Å²) in [5.74, 6) is 1.82. The van der Waals surface area contributed by atoms with Crippen LogP contribution < -0.4 is 9.80 Å². The Labute approximate surface area is 213 Å². The van der Waals surface area contributed by atoms with Gasteiger partial charge in [0.15, 0.2) is 11.6 Å². The van der Waals surface area contributed by atoms with Crippen molar-refractivity contribution in [1.82, 2.24) is 34.5 Å². The highest BCUT2D eigenvalue weighted by atomic mass is 35.5. The first-order chi connectivity index (χ1) is 17.2. The van der Waals surface area contributed by atoms with Gasteiger partial charge in [0.2, 0.25) is 17.8 Å². The first-order valence-electron chi connectivity index (χ1n) is 11.9. The maximum atomic E-state index is 13.5. The van der Waals surface area contributed by atoms with Crippen LogP contribution in [0.4, 0.5) is 16.3 Å². The van der Waals surface area contributed by atoms with Gasteiger partial charge >= 0.3 is 0 Å². The Hall–Kier alpha value is -3.31. The number of nitrogens with zero attached hydrogens (tertiary/aromatic N) is 9. The minimum Gasteiger partial charge on any atom is -0.348 e. The molecule has 3 aromatic rings. The number of carbonyl (C=O) groups excluding carboxylic acids is 1. The molecule has 0 atom stereocenters. The zero-order valence-electron chi connectivity index (χ0n) is 20.4. The summed E-state index contributed by atoms with van der Waals surface area (Å²) in [6, 6.07) is 5.83. The van der Waals surface area contributed by atoms with Crippen molar-refractivity contribution in [1.29, 1.82) is 0 Å². The minimum absolute atomic E-state index is 0.0336. The monoisotopic (exact) mass is 511 g/mol. The smallest absolute Gasteiger partial charge is 0.236 e. The van der Waals surface area contributed by atoms with Crippen LogP contribution in [0, 0.1) is 18.2 Å². The van der Waals surface area contributed by atoms with Crippen molar-refractivity contribution >= 4 is 29.4 Å². The number of anilines is 2. The van der Waals surface area contributed by atoms with Gasteiger partial charge in [0.25, 0.3) is 0 Å². The summed E-state index contributed by atoms with van der Waals surface area (Å²) in [6.45, 7) is 6.36. The van der Waals surface area contributed by atoms with Gasteiger partial charge in [-0.05, 0) is 30.7 Å². The summed E-state index contributed by atoms with van der Waals surface area (Å²) < 4.78 is 15.6. The average Bonchev–Trinajstić information content (AvgIpc) is 3.10. The predicted molar refractivity (Wildman–Crippen MR) is 133 cm³/mol. The molecule has 2 aromatic heterocycles. The molecule has 36 heavy (non-hydrogen) atoms. The van der Waals surface area contributed by atoms with Crippen LogP contribution in [0.5, 0.6) is 0 Å². The van der Waals surface area contributed by atoms with Crippen molar-refractivity contribution in [2.45, 2.75) is 20.0 Å². The van der Waals surface area contributed by atoms with Crippen LogP contribution in [0.15, 0.2) is 24.4 Å². The molecule has 0 unspecified atom stereocenters. The Morgan fingerprint density at radius 3 is 2.61 bits per heavy atom. The molecule has 2 saturated heterocycles. The largest absolute Gasteiger partial charge is 0.348 e. The third kappa shape index (κ3) is 3.86. The van der Waals surface area contributed by atoms with Crippen LogP contribution in [-0.2, 0) is 17.9 Å². The lowest BCUT2D eigenvalue weighted by atomic mass is 9.73. The molecule has 1 amide bonds. The van der Waals surface area contributed by atoms with Gasteiger partial charge in [-0.25, -0.2) is 14.4 Å². The minimum atomic E-state index is -0.387. The maximum Gasteiger partial charge on any atom is 0.236 e. The molecule has 0 N–H and O–H groups in total. The van der Waals surface area contributed by atoms with E-state index in [1.807, 2.05) is 18.2 Å². The number of halogens is 2. The molecule has 5 heterocycles. The highest BCUT2D eigenvalue weighted by Gasteiger charge is 2.54. The summed E-state index contributed by atoms with van der Waals surface area (Å²) >= 11 is 6.34. The number of carbonyl (C=O) groups is 1. The molecular weight excluding hydrogens is 485 g/mol. The van der Waals surface area contributed by atoms with Gasteiger partial charge in [0.1, 0.15) is 0 Å². The van der Waals surface area contributed by atoms with E-state index in [1.54, 1.807) is 25.9 Å². The maximum absolute atomic E-state index is 13.5. The van der Waals surface area contributed by atoms with E-state index in [0.29, 0.717) is 29.8 Å². The van der Waals surface area contributed by atoms with Crippen molar-refractivity contribution in [2.75, 3.05) is 56.6 Å². The molecule has 0 saturated carbocycles. The van der Waals surface area contributed by atoms with Crippen molar-refractivity contribution in [3.05, 3.63) is 52.3 Å². The first-order valence-corrected chi connectivity index (χ1v) is 12.2. The molecule has 0 aliphatic carbocycles. The molecule has 3 aliphatic rings. The van der Waals surface area contributed by atoms with Gasteiger partial charge in [-0.15, -0.1) is 10.2 Å². The van der Waals surface area contributed by atoms with E-state index >= 15 is 0 Å².